The maximum absolute atomic E-state index is 13.4. The Hall–Kier alpha value is -2.36. The minimum absolute atomic E-state index is 0.233. The average molecular weight is 474 g/mol. The summed E-state index contributed by atoms with van der Waals surface area (Å²) in [4.78, 5) is 4.95. The smallest absolute Gasteiger partial charge is 0.264 e. The largest absolute Gasteiger partial charge is 0.471 e. The third kappa shape index (κ3) is 4.69. The molecule has 32 heavy (non-hydrogen) atoms. The molecular weight excluding hydrogens is 442 g/mol. The Labute approximate surface area is 191 Å². The van der Waals surface area contributed by atoms with Gasteiger partial charge in [0.15, 0.2) is 0 Å². The number of hydrogen-bond acceptors (Lipinski definition) is 5. The first-order valence-corrected chi connectivity index (χ1v) is 16.0. The summed E-state index contributed by atoms with van der Waals surface area (Å²) in [6.07, 6.45) is 1.60. The second kappa shape index (κ2) is 8.53. The number of fused-ring (bicyclic) bond motifs is 2. The lowest BCUT2D eigenvalue weighted by atomic mass is 10.2. The van der Waals surface area contributed by atoms with Crippen LogP contribution in [0.25, 0.3) is 11.0 Å². The lowest BCUT2D eigenvalue weighted by Crippen LogP contribution is -2.42. The van der Waals surface area contributed by atoms with E-state index in [2.05, 4.69) is 24.6 Å². The number of ether oxygens (including phenoxy) is 2. The van der Waals surface area contributed by atoms with Crippen molar-refractivity contribution < 1.29 is 17.9 Å². The van der Waals surface area contributed by atoms with Gasteiger partial charge >= 0.3 is 0 Å². The minimum atomic E-state index is -3.73. The Morgan fingerprint density at radius 1 is 1.19 bits per heavy atom. The van der Waals surface area contributed by atoms with E-state index in [-0.39, 0.29) is 17.5 Å². The summed E-state index contributed by atoms with van der Waals surface area (Å²) in [5.74, 6) is 0.328. The van der Waals surface area contributed by atoms with Crippen LogP contribution >= 0.6 is 0 Å². The third-order valence-corrected chi connectivity index (χ3v) is 9.02. The second-order valence-corrected chi connectivity index (χ2v) is 17.1. The van der Waals surface area contributed by atoms with Crippen LogP contribution in [-0.2, 0) is 21.5 Å². The van der Waals surface area contributed by atoms with E-state index in [1.165, 1.54) is 4.31 Å². The molecule has 1 aromatic carbocycles. The fourth-order valence-corrected chi connectivity index (χ4v) is 5.91. The topological polar surface area (TPSA) is 73.7 Å². The van der Waals surface area contributed by atoms with E-state index in [9.17, 15) is 8.42 Å². The molecule has 0 amide bonds. The molecule has 1 aliphatic heterocycles. The van der Waals surface area contributed by atoms with E-state index in [1.54, 1.807) is 24.3 Å². The Kier molecular flexibility index (Phi) is 6.08. The van der Waals surface area contributed by atoms with E-state index in [0.717, 1.165) is 29.2 Å². The van der Waals surface area contributed by atoms with Crippen LogP contribution < -0.4 is 9.04 Å². The maximum Gasteiger partial charge on any atom is 0.264 e. The van der Waals surface area contributed by atoms with Crippen molar-refractivity contribution in [1.29, 1.82) is 0 Å². The third-order valence-electron chi connectivity index (χ3n) is 5.52. The first-order chi connectivity index (χ1) is 15.0. The van der Waals surface area contributed by atoms with Gasteiger partial charge in [-0.3, -0.25) is 4.31 Å². The van der Waals surface area contributed by atoms with Gasteiger partial charge in [-0.1, -0.05) is 37.3 Å². The van der Waals surface area contributed by atoms with Gasteiger partial charge in [-0.25, -0.2) is 8.42 Å². The number of rotatable bonds is 7. The molecule has 1 aliphatic rings. The highest BCUT2D eigenvalue weighted by Crippen LogP contribution is 2.38. The van der Waals surface area contributed by atoms with Gasteiger partial charge in [-0.15, -0.1) is 0 Å². The zero-order chi connectivity index (χ0) is 23.1. The van der Waals surface area contributed by atoms with Crippen molar-refractivity contribution in [2.75, 3.05) is 17.5 Å². The number of nitrogens with zero attached hydrogens (tertiary/aromatic N) is 3. The molecule has 0 radical (unpaired) electrons. The van der Waals surface area contributed by atoms with Gasteiger partial charge in [0, 0.05) is 26.3 Å². The molecule has 0 saturated carbocycles. The first kappa shape index (κ1) is 22.8. The van der Waals surface area contributed by atoms with Gasteiger partial charge < -0.3 is 14.0 Å². The van der Waals surface area contributed by atoms with Gasteiger partial charge in [0.1, 0.15) is 24.2 Å². The van der Waals surface area contributed by atoms with Crippen molar-refractivity contribution in [3.8, 4) is 5.88 Å². The van der Waals surface area contributed by atoms with Crippen molar-refractivity contribution in [3.05, 3.63) is 48.2 Å². The van der Waals surface area contributed by atoms with E-state index in [4.69, 9.17) is 9.47 Å². The van der Waals surface area contributed by atoms with Crippen LogP contribution in [0.4, 0.5) is 5.69 Å². The Morgan fingerprint density at radius 2 is 1.91 bits per heavy atom. The van der Waals surface area contributed by atoms with Gasteiger partial charge in [0.25, 0.3) is 10.0 Å². The number of anilines is 1. The standard InChI is InChI=1S/C23H31N3O4SSi/c1-17-6-8-20(9-7-17)31(27,28)26-15-18(2)30-23-21(26)14-19-10-11-25(22(19)24-23)16-29-12-13-32(3,4)5/h6-11,14,18H,12-13,15-16H2,1-5H3/t18-/m1/s1. The molecule has 1 atom stereocenters. The molecule has 0 aliphatic carbocycles. The predicted octanol–water partition coefficient (Wildman–Crippen LogP) is 4.63. The predicted molar refractivity (Wildman–Crippen MR) is 130 cm³/mol. The number of hydrogen-bond donors (Lipinski definition) is 0. The summed E-state index contributed by atoms with van der Waals surface area (Å²) in [6, 6.07) is 11.8. The molecule has 7 nitrogen and oxygen atoms in total. The fourth-order valence-electron chi connectivity index (χ4n) is 3.62. The highest BCUT2D eigenvalue weighted by Gasteiger charge is 2.34. The molecule has 9 heteroatoms. The summed E-state index contributed by atoms with van der Waals surface area (Å²) < 4.78 is 42.0. The van der Waals surface area contributed by atoms with Crippen molar-refractivity contribution in [2.45, 2.75) is 57.3 Å². The SMILES string of the molecule is Cc1ccc(S(=O)(=O)N2C[C@@H](C)Oc3nc4c(ccn4COCC[Si](C)(C)C)cc32)cc1. The summed E-state index contributed by atoms with van der Waals surface area (Å²) in [5, 5.41) is 0.847. The lowest BCUT2D eigenvalue weighted by molar-refractivity contribution is 0.0897. The molecule has 172 valence electrons. The fraction of sp³-hybridized carbons (Fsp3) is 0.435. The summed E-state index contributed by atoms with van der Waals surface area (Å²) in [6.45, 7) is 12.1. The highest BCUT2D eigenvalue weighted by atomic mass is 32.2. The van der Waals surface area contributed by atoms with E-state index in [0.29, 0.717) is 18.3 Å². The normalized spacial score (nSPS) is 16.8. The van der Waals surface area contributed by atoms with Gasteiger partial charge in [-0.05, 0) is 44.2 Å². The number of aromatic nitrogens is 2. The van der Waals surface area contributed by atoms with E-state index >= 15 is 0 Å². The van der Waals surface area contributed by atoms with Crippen LogP contribution in [0.1, 0.15) is 12.5 Å². The van der Waals surface area contributed by atoms with Crippen LogP contribution in [0.2, 0.25) is 25.7 Å². The molecule has 0 bridgehead atoms. The first-order valence-electron chi connectivity index (χ1n) is 10.9. The molecule has 0 fully saturated rings. The molecule has 3 aromatic rings. The Bertz CT molecular complexity index is 1220. The molecule has 0 spiro atoms. The average Bonchev–Trinajstić information content (AvgIpc) is 3.10. The number of pyridine rings is 1. The quantitative estimate of drug-likeness (QED) is 0.369. The van der Waals surface area contributed by atoms with Crippen LogP contribution in [0.5, 0.6) is 5.88 Å². The van der Waals surface area contributed by atoms with E-state index < -0.39 is 18.1 Å². The second-order valence-electron chi connectivity index (χ2n) is 9.64. The molecule has 3 heterocycles. The molecule has 0 unspecified atom stereocenters. The highest BCUT2D eigenvalue weighted by molar-refractivity contribution is 7.92. The zero-order valence-corrected chi connectivity index (χ0v) is 21.1. The van der Waals surface area contributed by atoms with Gasteiger partial charge in [0.2, 0.25) is 5.88 Å². The van der Waals surface area contributed by atoms with E-state index in [1.807, 2.05) is 36.7 Å². The molecule has 0 saturated heterocycles. The zero-order valence-electron chi connectivity index (χ0n) is 19.3. The van der Waals surface area contributed by atoms with Crippen LogP contribution in [0.15, 0.2) is 47.5 Å². The van der Waals surface area contributed by atoms with Gasteiger partial charge in [-0.2, -0.15) is 4.98 Å². The number of benzene rings is 1. The Morgan fingerprint density at radius 3 is 2.59 bits per heavy atom. The van der Waals surface area contributed by atoms with Crippen LogP contribution in [0, 0.1) is 6.92 Å². The monoisotopic (exact) mass is 473 g/mol. The number of sulfonamides is 1. The van der Waals surface area contributed by atoms with Crippen molar-refractivity contribution in [2.24, 2.45) is 0 Å². The molecule has 2 aromatic heterocycles. The Balaban J connectivity index is 1.65. The maximum atomic E-state index is 13.4. The van der Waals surface area contributed by atoms with Crippen LogP contribution in [0.3, 0.4) is 0 Å². The summed E-state index contributed by atoms with van der Waals surface area (Å²) >= 11 is 0. The van der Waals surface area contributed by atoms with Crippen molar-refractivity contribution in [1.82, 2.24) is 9.55 Å². The molecule has 4 rings (SSSR count). The molecule has 0 N–H and O–H groups in total. The molecular formula is C23H31N3O4SSi. The number of aryl methyl sites for hydroxylation is 1. The minimum Gasteiger partial charge on any atom is -0.471 e. The van der Waals surface area contributed by atoms with Gasteiger partial charge in [0.05, 0.1) is 11.4 Å². The summed E-state index contributed by atoms with van der Waals surface area (Å²) in [5.41, 5.74) is 2.20. The lowest BCUT2D eigenvalue weighted by Gasteiger charge is -2.33. The summed E-state index contributed by atoms with van der Waals surface area (Å²) in [7, 11) is -4.88. The van der Waals surface area contributed by atoms with Crippen molar-refractivity contribution >= 4 is 34.8 Å². The van der Waals surface area contributed by atoms with Crippen molar-refractivity contribution in [3.63, 3.8) is 0 Å². The van der Waals surface area contributed by atoms with Crippen LogP contribution in [-0.4, -0.2) is 45.3 Å².